The fraction of sp³-hybridized carbons (Fsp3) is 0.538. The summed E-state index contributed by atoms with van der Waals surface area (Å²) in [6.45, 7) is 5.53. The summed E-state index contributed by atoms with van der Waals surface area (Å²) in [5, 5.41) is 5.74. The molecule has 0 fully saturated rings. The van der Waals surface area contributed by atoms with Crippen LogP contribution >= 0.6 is 23.1 Å². The zero-order chi connectivity index (χ0) is 11.8. The van der Waals surface area contributed by atoms with Crippen molar-refractivity contribution in [1.29, 1.82) is 0 Å². The zero-order valence-electron chi connectivity index (χ0n) is 9.90. The normalized spacial score (nSPS) is 12.6. The lowest BCUT2D eigenvalue weighted by Gasteiger charge is -2.21. The smallest absolute Gasteiger partial charge is 0.0545 e. The van der Waals surface area contributed by atoms with Gasteiger partial charge in [-0.1, -0.05) is 25.8 Å². The molecule has 3 heteroatoms. The summed E-state index contributed by atoms with van der Waals surface area (Å²) in [4.78, 5) is 1.43. The van der Waals surface area contributed by atoms with Gasteiger partial charge in [-0.05, 0) is 17.4 Å². The molecule has 1 rings (SSSR count). The fourth-order valence-corrected chi connectivity index (χ4v) is 3.05. The van der Waals surface area contributed by atoms with Crippen molar-refractivity contribution >= 4 is 23.1 Å². The summed E-state index contributed by atoms with van der Waals surface area (Å²) < 4.78 is 0. The van der Waals surface area contributed by atoms with E-state index in [4.69, 9.17) is 6.42 Å². The van der Waals surface area contributed by atoms with Crippen LogP contribution in [0.3, 0.4) is 0 Å². The van der Waals surface area contributed by atoms with E-state index in [1.54, 1.807) is 0 Å². The lowest BCUT2D eigenvalue weighted by molar-refractivity contribution is 0.429. The van der Waals surface area contributed by atoms with Gasteiger partial charge in [0, 0.05) is 23.2 Å². The second-order valence-electron chi connectivity index (χ2n) is 3.95. The van der Waals surface area contributed by atoms with E-state index in [-0.39, 0.29) is 0 Å². The maximum atomic E-state index is 5.21. The van der Waals surface area contributed by atoms with Crippen LogP contribution in [0.2, 0.25) is 0 Å². The van der Waals surface area contributed by atoms with Crippen LogP contribution in [-0.4, -0.2) is 18.1 Å². The van der Waals surface area contributed by atoms with Crippen molar-refractivity contribution in [2.45, 2.75) is 19.9 Å². The Morgan fingerprint density at radius 1 is 1.56 bits per heavy atom. The molecule has 0 amide bonds. The molecule has 88 valence electrons. The van der Waals surface area contributed by atoms with Gasteiger partial charge >= 0.3 is 0 Å². The summed E-state index contributed by atoms with van der Waals surface area (Å²) in [7, 11) is 0. The van der Waals surface area contributed by atoms with E-state index in [0.717, 1.165) is 18.1 Å². The van der Waals surface area contributed by atoms with Gasteiger partial charge in [0.2, 0.25) is 0 Å². The van der Waals surface area contributed by atoms with Gasteiger partial charge in [-0.15, -0.1) is 29.5 Å². The summed E-state index contributed by atoms with van der Waals surface area (Å²) >= 11 is 3.63. The Labute approximate surface area is 107 Å². The molecule has 0 aliphatic rings. The van der Waals surface area contributed by atoms with Crippen LogP contribution in [0.25, 0.3) is 0 Å². The molecule has 1 aromatic heterocycles. The number of rotatable bonds is 7. The van der Waals surface area contributed by atoms with E-state index < -0.39 is 0 Å². The van der Waals surface area contributed by atoms with Gasteiger partial charge in [0.1, 0.15) is 0 Å². The van der Waals surface area contributed by atoms with Crippen molar-refractivity contribution in [3.8, 4) is 12.3 Å². The Morgan fingerprint density at radius 2 is 2.38 bits per heavy atom. The van der Waals surface area contributed by atoms with Crippen molar-refractivity contribution < 1.29 is 0 Å². The van der Waals surface area contributed by atoms with Crippen LogP contribution < -0.4 is 5.32 Å². The molecule has 0 spiro atoms. The molecule has 1 nitrogen and oxygen atoms in total. The van der Waals surface area contributed by atoms with Crippen molar-refractivity contribution in [2.24, 2.45) is 5.92 Å². The van der Waals surface area contributed by atoms with Crippen LogP contribution in [0, 0.1) is 18.3 Å². The number of thiophene rings is 1. The van der Waals surface area contributed by atoms with E-state index in [9.17, 15) is 0 Å². The highest BCUT2D eigenvalue weighted by Crippen LogP contribution is 2.25. The van der Waals surface area contributed by atoms with Crippen molar-refractivity contribution in [1.82, 2.24) is 5.32 Å². The first-order valence-corrected chi connectivity index (χ1v) is 7.57. The van der Waals surface area contributed by atoms with Crippen molar-refractivity contribution in [3.63, 3.8) is 0 Å². The first-order valence-electron chi connectivity index (χ1n) is 5.53. The van der Waals surface area contributed by atoms with E-state index in [0.29, 0.717) is 12.0 Å². The highest BCUT2D eigenvalue weighted by molar-refractivity contribution is 7.99. The highest BCUT2D eigenvalue weighted by Gasteiger charge is 2.15. The van der Waals surface area contributed by atoms with E-state index in [2.05, 4.69) is 42.6 Å². The Bertz CT molecular complexity index is 311. The van der Waals surface area contributed by atoms with E-state index >= 15 is 0 Å². The second-order valence-corrected chi connectivity index (χ2v) is 6.03. The van der Waals surface area contributed by atoms with Crippen molar-refractivity contribution in [3.05, 3.63) is 22.4 Å². The average Bonchev–Trinajstić information content (AvgIpc) is 2.76. The topological polar surface area (TPSA) is 12.0 Å². The van der Waals surface area contributed by atoms with E-state index in [1.165, 1.54) is 4.88 Å². The predicted octanol–water partition coefficient (Wildman–Crippen LogP) is 3.40. The van der Waals surface area contributed by atoms with E-state index in [1.807, 2.05) is 23.1 Å². The highest BCUT2D eigenvalue weighted by atomic mass is 32.2. The number of thioether (sulfide) groups is 1. The summed E-state index contributed by atoms with van der Waals surface area (Å²) in [5.41, 5.74) is 0. The number of nitrogens with one attached hydrogen (secondary N) is 1. The third kappa shape index (κ3) is 4.61. The van der Waals surface area contributed by atoms with Crippen LogP contribution in [0.1, 0.15) is 24.8 Å². The molecule has 0 radical (unpaired) electrons. The third-order valence-corrected chi connectivity index (χ3v) is 4.13. The van der Waals surface area contributed by atoms with Gasteiger partial charge in [-0.3, -0.25) is 0 Å². The number of terminal acetylenes is 1. The molecule has 0 aliphatic heterocycles. The minimum atomic E-state index is 0.478. The first-order chi connectivity index (χ1) is 7.75. The quantitative estimate of drug-likeness (QED) is 0.590. The van der Waals surface area contributed by atoms with Crippen LogP contribution in [0.15, 0.2) is 17.5 Å². The molecule has 1 N–H and O–H groups in total. The molecule has 16 heavy (non-hydrogen) atoms. The van der Waals surface area contributed by atoms with Gasteiger partial charge in [-0.2, -0.15) is 0 Å². The summed E-state index contributed by atoms with van der Waals surface area (Å²) in [5.74, 6) is 5.16. The largest absolute Gasteiger partial charge is 0.308 e. The Kier molecular flexibility index (Phi) is 6.63. The maximum Gasteiger partial charge on any atom is 0.0545 e. The summed E-state index contributed by atoms with van der Waals surface area (Å²) in [6.07, 6.45) is 5.21. The monoisotopic (exact) mass is 253 g/mol. The number of hydrogen-bond acceptors (Lipinski definition) is 3. The van der Waals surface area contributed by atoms with Gasteiger partial charge < -0.3 is 5.32 Å². The molecule has 1 atom stereocenters. The molecule has 0 saturated carbocycles. The van der Waals surface area contributed by atoms with Gasteiger partial charge in [0.05, 0.1) is 5.75 Å². The third-order valence-electron chi connectivity index (χ3n) is 2.31. The molecule has 0 aromatic carbocycles. The molecular formula is C13H19NS2. The molecule has 0 saturated heterocycles. The molecule has 0 aliphatic carbocycles. The van der Waals surface area contributed by atoms with Crippen molar-refractivity contribution in [2.75, 3.05) is 18.1 Å². The Balaban J connectivity index is 2.33. The Hall–Kier alpha value is -0.430. The van der Waals surface area contributed by atoms with Gasteiger partial charge in [0.25, 0.3) is 0 Å². The van der Waals surface area contributed by atoms with Crippen LogP contribution in [-0.2, 0) is 0 Å². The minimum absolute atomic E-state index is 0.478. The summed E-state index contributed by atoms with van der Waals surface area (Å²) in [6, 6.07) is 4.80. The maximum absolute atomic E-state index is 5.21. The molecular weight excluding hydrogens is 234 g/mol. The molecule has 0 bridgehead atoms. The fourth-order valence-electron chi connectivity index (χ4n) is 1.55. The standard InChI is InChI=1S/C13H19NS2/c1-4-8-15-10-7-14-13(11(2)3)12-6-5-9-16-12/h1,5-6,9,11,13-14H,7-8,10H2,2-3H3. The predicted molar refractivity (Wildman–Crippen MR) is 76.1 cm³/mol. The second kappa shape index (κ2) is 7.78. The average molecular weight is 253 g/mol. The first kappa shape index (κ1) is 13.6. The SMILES string of the molecule is C#CCSCCNC(c1cccs1)C(C)C. The lowest BCUT2D eigenvalue weighted by Crippen LogP contribution is -2.27. The Morgan fingerprint density at radius 3 is 2.94 bits per heavy atom. The lowest BCUT2D eigenvalue weighted by atomic mass is 10.0. The van der Waals surface area contributed by atoms with Crippen LogP contribution in [0.4, 0.5) is 0 Å². The van der Waals surface area contributed by atoms with Crippen LogP contribution in [0.5, 0.6) is 0 Å². The molecule has 1 aromatic rings. The molecule has 1 unspecified atom stereocenters. The van der Waals surface area contributed by atoms with Gasteiger partial charge in [-0.25, -0.2) is 0 Å². The zero-order valence-corrected chi connectivity index (χ0v) is 11.5. The number of hydrogen-bond donors (Lipinski definition) is 1. The minimum Gasteiger partial charge on any atom is -0.308 e. The van der Waals surface area contributed by atoms with Gasteiger partial charge in [0.15, 0.2) is 0 Å². The molecule has 1 heterocycles.